The fourth-order valence-electron chi connectivity index (χ4n) is 1.25. The Hall–Kier alpha value is -0.290. The van der Waals surface area contributed by atoms with E-state index in [0.29, 0.717) is 0 Å². The van der Waals surface area contributed by atoms with Crippen LogP contribution in [-0.2, 0) is 14.6 Å². The lowest BCUT2D eigenvalue weighted by atomic mass is 10.2. The van der Waals surface area contributed by atoms with E-state index in [0.717, 1.165) is 0 Å². The highest BCUT2D eigenvalue weighted by Crippen LogP contribution is 2.25. The van der Waals surface area contributed by atoms with Gasteiger partial charge in [-0.05, 0) is 0 Å². The molecule has 4 unspecified atom stereocenters. The minimum Gasteiger partial charge on any atom is -0.387 e. The Kier molecular flexibility index (Phi) is 3.11. The van der Waals surface area contributed by atoms with E-state index in [9.17, 15) is 8.42 Å². The quantitative estimate of drug-likeness (QED) is 0.309. The molecular formula is C5H10O8S. The van der Waals surface area contributed by atoms with Gasteiger partial charge in [-0.25, -0.2) is 4.18 Å². The molecule has 0 radical (unpaired) electrons. The van der Waals surface area contributed by atoms with Crippen molar-refractivity contribution in [1.82, 2.24) is 0 Å². The topological polar surface area (TPSA) is 145 Å². The van der Waals surface area contributed by atoms with Crippen LogP contribution < -0.4 is 0 Å². The van der Waals surface area contributed by atoms with Gasteiger partial charge in [0, 0.05) is 0 Å². The molecule has 0 bridgehead atoms. The number of hydrogen-bond donors (Lipinski definition) is 5. The van der Waals surface area contributed by atoms with E-state index in [1.54, 1.807) is 0 Å². The van der Waals surface area contributed by atoms with Gasteiger partial charge in [0.25, 0.3) is 0 Å². The summed E-state index contributed by atoms with van der Waals surface area (Å²) in [6, 6.07) is 0. The molecule has 0 aromatic carbocycles. The van der Waals surface area contributed by atoms with Gasteiger partial charge in [-0.2, -0.15) is 8.42 Å². The molecule has 4 atom stereocenters. The van der Waals surface area contributed by atoms with Crippen LogP contribution in [0, 0.1) is 0 Å². The smallest absolute Gasteiger partial charge is 0.387 e. The zero-order valence-electron chi connectivity index (χ0n) is 6.76. The van der Waals surface area contributed by atoms with Gasteiger partial charge in [0.1, 0.15) is 30.5 Å². The first-order valence-corrected chi connectivity index (χ1v) is 4.98. The largest absolute Gasteiger partial charge is 0.397 e. The van der Waals surface area contributed by atoms with Crippen LogP contribution in [0.15, 0.2) is 0 Å². The van der Waals surface area contributed by atoms with Crippen LogP contribution in [0.25, 0.3) is 0 Å². The molecule has 1 aliphatic carbocycles. The van der Waals surface area contributed by atoms with Crippen LogP contribution in [0.1, 0.15) is 0 Å². The number of aliphatic hydroxyl groups excluding tert-OH is 4. The molecule has 0 aliphatic heterocycles. The maximum Gasteiger partial charge on any atom is 0.397 e. The molecule has 0 heterocycles. The summed E-state index contributed by atoms with van der Waals surface area (Å²) in [5.74, 6) is 0. The molecule has 0 spiro atoms. The van der Waals surface area contributed by atoms with Crippen molar-refractivity contribution in [3.8, 4) is 0 Å². The van der Waals surface area contributed by atoms with Crippen molar-refractivity contribution < 1.29 is 37.6 Å². The second kappa shape index (κ2) is 3.70. The molecule has 1 fully saturated rings. The molecule has 1 saturated carbocycles. The zero-order valence-corrected chi connectivity index (χ0v) is 7.57. The minimum atomic E-state index is -4.86. The molecule has 0 amide bonds. The molecule has 0 aromatic rings. The van der Waals surface area contributed by atoms with Gasteiger partial charge in [-0.15, -0.1) is 0 Å². The summed E-state index contributed by atoms with van der Waals surface area (Å²) in [6.45, 7) is 0. The highest BCUT2D eigenvalue weighted by molar-refractivity contribution is 7.80. The first kappa shape index (κ1) is 11.8. The van der Waals surface area contributed by atoms with Crippen LogP contribution in [0.4, 0.5) is 0 Å². The SMILES string of the molecule is O=S(=O)(O)OC1C(O)C(O)C(O)C1O. The van der Waals surface area contributed by atoms with Crippen LogP contribution in [0.5, 0.6) is 0 Å². The van der Waals surface area contributed by atoms with E-state index in [1.807, 2.05) is 0 Å². The highest BCUT2D eigenvalue weighted by atomic mass is 32.3. The summed E-state index contributed by atoms with van der Waals surface area (Å²) in [5, 5.41) is 36.2. The summed E-state index contributed by atoms with van der Waals surface area (Å²) >= 11 is 0. The fourth-order valence-corrected chi connectivity index (χ4v) is 1.76. The van der Waals surface area contributed by atoms with Crippen molar-refractivity contribution in [1.29, 1.82) is 0 Å². The van der Waals surface area contributed by atoms with E-state index in [-0.39, 0.29) is 0 Å². The lowest BCUT2D eigenvalue weighted by Gasteiger charge is -2.16. The van der Waals surface area contributed by atoms with Crippen molar-refractivity contribution in [2.24, 2.45) is 0 Å². The van der Waals surface area contributed by atoms with Crippen molar-refractivity contribution in [3.63, 3.8) is 0 Å². The van der Waals surface area contributed by atoms with Gasteiger partial charge in [-0.3, -0.25) is 4.55 Å². The summed E-state index contributed by atoms with van der Waals surface area (Å²) in [4.78, 5) is 0. The van der Waals surface area contributed by atoms with Gasteiger partial charge in [0.05, 0.1) is 0 Å². The van der Waals surface area contributed by atoms with Crippen LogP contribution in [0.2, 0.25) is 0 Å². The van der Waals surface area contributed by atoms with Gasteiger partial charge < -0.3 is 20.4 Å². The third-order valence-corrected chi connectivity index (χ3v) is 2.42. The maximum absolute atomic E-state index is 10.2. The first-order chi connectivity index (χ1) is 6.24. The Morgan fingerprint density at radius 1 is 0.857 bits per heavy atom. The van der Waals surface area contributed by atoms with Crippen molar-refractivity contribution in [3.05, 3.63) is 0 Å². The van der Waals surface area contributed by atoms with E-state index in [2.05, 4.69) is 4.18 Å². The fraction of sp³-hybridized carbons (Fsp3) is 1.00. The van der Waals surface area contributed by atoms with Crippen molar-refractivity contribution >= 4 is 10.4 Å². The average molecular weight is 230 g/mol. The summed E-state index contributed by atoms with van der Waals surface area (Å²) in [7, 11) is -4.86. The standard InChI is InChI=1S/C5H10O8S/c6-1-2(7)4(9)5(3(1)8)13-14(10,11)12/h1-9H,(H,10,11,12). The monoisotopic (exact) mass is 230 g/mol. The van der Waals surface area contributed by atoms with Crippen molar-refractivity contribution in [2.75, 3.05) is 0 Å². The predicted octanol–water partition coefficient (Wildman–Crippen LogP) is -3.37. The van der Waals surface area contributed by atoms with Crippen LogP contribution in [0.3, 0.4) is 0 Å². The maximum atomic E-state index is 10.2. The Labute approximate surface area is 79.3 Å². The predicted molar refractivity (Wildman–Crippen MR) is 40.4 cm³/mol. The molecule has 84 valence electrons. The van der Waals surface area contributed by atoms with Crippen LogP contribution in [-0.4, -0.2) is 63.9 Å². The third-order valence-electron chi connectivity index (χ3n) is 1.96. The molecule has 9 heteroatoms. The van der Waals surface area contributed by atoms with Crippen molar-refractivity contribution in [2.45, 2.75) is 30.5 Å². The lowest BCUT2D eigenvalue weighted by molar-refractivity contribution is -0.0413. The molecule has 5 N–H and O–H groups in total. The second-order valence-electron chi connectivity index (χ2n) is 2.95. The van der Waals surface area contributed by atoms with Crippen LogP contribution >= 0.6 is 0 Å². The Balaban J connectivity index is 2.80. The summed E-state index contributed by atoms with van der Waals surface area (Å²) in [5.41, 5.74) is 0. The van der Waals surface area contributed by atoms with E-state index in [1.165, 1.54) is 0 Å². The molecule has 1 aliphatic rings. The molecule has 1 rings (SSSR count). The zero-order chi connectivity index (χ0) is 11.1. The number of rotatable bonds is 2. The van der Waals surface area contributed by atoms with Gasteiger partial charge >= 0.3 is 10.4 Å². The number of hydrogen-bond acceptors (Lipinski definition) is 7. The average Bonchev–Trinajstić information content (AvgIpc) is 2.20. The Morgan fingerprint density at radius 2 is 1.21 bits per heavy atom. The number of aliphatic hydroxyl groups is 4. The Bertz CT molecular complexity index is 285. The van der Waals surface area contributed by atoms with E-state index >= 15 is 0 Å². The molecule has 14 heavy (non-hydrogen) atoms. The third kappa shape index (κ3) is 2.20. The summed E-state index contributed by atoms with van der Waals surface area (Å²) < 4.78 is 32.6. The molecule has 8 nitrogen and oxygen atoms in total. The van der Waals surface area contributed by atoms with Gasteiger partial charge in [-0.1, -0.05) is 0 Å². The van der Waals surface area contributed by atoms with Gasteiger partial charge in [0.2, 0.25) is 0 Å². The molecular weight excluding hydrogens is 220 g/mol. The first-order valence-electron chi connectivity index (χ1n) is 3.62. The van der Waals surface area contributed by atoms with E-state index in [4.69, 9.17) is 25.0 Å². The highest BCUT2D eigenvalue weighted by Gasteiger charge is 2.50. The molecule has 0 saturated heterocycles. The minimum absolute atomic E-state index is 1.73. The Morgan fingerprint density at radius 3 is 1.50 bits per heavy atom. The second-order valence-corrected chi connectivity index (χ2v) is 4.00. The summed E-state index contributed by atoms with van der Waals surface area (Å²) in [6.07, 6.45) is -8.81. The molecule has 0 aromatic heterocycles. The lowest BCUT2D eigenvalue weighted by Crippen LogP contribution is -2.37. The normalized spacial score (nSPS) is 44.2. The van der Waals surface area contributed by atoms with E-state index < -0.39 is 40.9 Å². The van der Waals surface area contributed by atoms with Gasteiger partial charge in [0.15, 0.2) is 0 Å².